The summed E-state index contributed by atoms with van der Waals surface area (Å²) in [5.41, 5.74) is 0. The van der Waals surface area contributed by atoms with E-state index in [0.717, 1.165) is 0 Å². The molecule has 0 spiro atoms. The Morgan fingerprint density at radius 2 is 1.92 bits per heavy atom. The minimum absolute atomic E-state index is 0.326. The SMILES string of the molecule is CCN(CC(C)C)S(=O)(=O)CCl. The third-order valence-corrected chi connectivity index (χ3v) is 3.75. The number of hydrogen-bond acceptors (Lipinski definition) is 2. The molecule has 0 aliphatic rings. The molecule has 0 aromatic carbocycles. The largest absolute Gasteiger partial charge is 0.228 e. The van der Waals surface area contributed by atoms with Crippen LogP contribution in [0, 0.1) is 5.92 Å². The van der Waals surface area contributed by atoms with E-state index in [1.807, 2.05) is 20.8 Å². The van der Waals surface area contributed by atoms with Crippen molar-refractivity contribution in [1.82, 2.24) is 4.31 Å². The molecule has 0 aromatic heterocycles. The van der Waals surface area contributed by atoms with Gasteiger partial charge in [-0.3, -0.25) is 0 Å². The first-order valence-electron chi connectivity index (χ1n) is 3.97. The molecule has 0 unspecified atom stereocenters. The summed E-state index contributed by atoms with van der Waals surface area (Å²) in [6.45, 7) is 6.81. The Morgan fingerprint density at radius 1 is 1.42 bits per heavy atom. The van der Waals surface area contributed by atoms with Crippen LogP contribution in [0.2, 0.25) is 0 Å². The van der Waals surface area contributed by atoms with Crippen LogP contribution < -0.4 is 0 Å². The second kappa shape index (κ2) is 5.04. The van der Waals surface area contributed by atoms with E-state index in [1.54, 1.807) is 0 Å². The molecule has 0 radical (unpaired) electrons. The van der Waals surface area contributed by atoms with Crippen LogP contribution >= 0.6 is 11.6 Å². The highest BCUT2D eigenvalue weighted by Gasteiger charge is 2.19. The van der Waals surface area contributed by atoms with Gasteiger partial charge in [0, 0.05) is 13.1 Å². The highest BCUT2D eigenvalue weighted by atomic mass is 35.5. The average Bonchev–Trinajstić information content (AvgIpc) is 1.99. The molecule has 0 saturated heterocycles. The van der Waals surface area contributed by atoms with Gasteiger partial charge in [0.1, 0.15) is 5.21 Å². The first-order valence-corrected chi connectivity index (χ1v) is 6.12. The number of halogens is 1. The Labute approximate surface area is 79.8 Å². The lowest BCUT2D eigenvalue weighted by Crippen LogP contribution is -2.34. The molecule has 0 heterocycles. The minimum Gasteiger partial charge on any atom is -0.211 e. The lowest BCUT2D eigenvalue weighted by atomic mass is 10.2. The van der Waals surface area contributed by atoms with Gasteiger partial charge in [0.05, 0.1) is 0 Å². The van der Waals surface area contributed by atoms with Gasteiger partial charge in [-0.25, -0.2) is 12.7 Å². The Hall–Kier alpha value is 0.200. The minimum atomic E-state index is -3.21. The van der Waals surface area contributed by atoms with Crippen LogP contribution in [0.15, 0.2) is 0 Å². The summed E-state index contributed by atoms with van der Waals surface area (Å²) in [6, 6.07) is 0. The summed E-state index contributed by atoms with van der Waals surface area (Å²) < 4.78 is 23.9. The second-order valence-corrected chi connectivity index (χ2v) is 5.62. The maximum Gasteiger partial charge on any atom is 0.228 e. The lowest BCUT2D eigenvalue weighted by Gasteiger charge is -2.20. The van der Waals surface area contributed by atoms with Crippen LogP contribution in [-0.4, -0.2) is 31.0 Å². The van der Waals surface area contributed by atoms with Crippen molar-refractivity contribution >= 4 is 21.6 Å². The number of hydrogen-bond donors (Lipinski definition) is 0. The molecule has 0 aliphatic carbocycles. The van der Waals surface area contributed by atoms with Crippen LogP contribution in [0.25, 0.3) is 0 Å². The zero-order valence-electron chi connectivity index (χ0n) is 7.75. The number of rotatable bonds is 5. The van der Waals surface area contributed by atoms with Crippen molar-refractivity contribution < 1.29 is 8.42 Å². The highest BCUT2D eigenvalue weighted by molar-refractivity contribution is 7.90. The zero-order valence-corrected chi connectivity index (χ0v) is 9.32. The topological polar surface area (TPSA) is 37.4 Å². The van der Waals surface area contributed by atoms with E-state index < -0.39 is 10.0 Å². The molecule has 74 valence electrons. The number of alkyl halides is 1. The van der Waals surface area contributed by atoms with Crippen molar-refractivity contribution in [1.29, 1.82) is 0 Å². The van der Waals surface area contributed by atoms with Gasteiger partial charge >= 0.3 is 0 Å². The van der Waals surface area contributed by atoms with Gasteiger partial charge in [-0.1, -0.05) is 20.8 Å². The summed E-state index contributed by atoms with van der Waals surface area (Å²) in [5.74, 6) is 0.336. The van der Waals surface area contributed by atoms with E-state index in [2.05, 4.69) is 0 Å². The van der Waals surface area contributed by atoms with Crippen LogP contribution in [0.5, 0.6) is 0 Å². The van der Waals surface area contributed by atoms with Crippen molar-refractivity contribution in [2.75, 3.05) is 18.3 Å². The number of sulfonamides is 1. The van der Waals surface area contributed by atoms with Crippen LogP contribution in [0.1, 0.15) is 20.8 Å². The molecule has 0 amide bonds. The molecule has 0 fully saturated rings. The molecule has 0 aliphatic heterocycles. The van der Waals surface area contributed by atoms with E-state index >= 15 is 0 Å². The standard InChI is InChI=1S/C7H16ClNO2S/c1-4-9(5-7(2)3)12(10,11)6-8/h7H,4-6H2,1-3H3. The van der Waals surface area contributed by atoms with Gasteiger partial charge in [0.25, 0.3) is 0 Å². The van der Waals surface area contributed by atoms with E-state index in [1.165, 1.54) is 4.31 Å². The molecule has 0 aromatic rings. The fraction of sp³-hybridized carbons (Fsp3) is 1.00. The first-order chi connectivity index (χ1) is 5.44. The summed E-state index contributed by atoms with van der Waals surface area (Å²) in [5, 5.41) is -0.326. The Bertz CT molecular complexity index is 213. The number of nitrogens with zero attached hydrogens (tertiary/aromatic N) is 1. The normalized spacial score (nSPS) is 12.8. The van der Waals surface area contributed by atoms with Crippen molar-refractivity contribution in [2.45, 2.75) is 20.8 Å². The fourth-order valence-corrected chi connectivity index (χ4v) is 2.39. The van der Waals surface area contributed by atoms with Crippen LogP contribution in [0.4, 0.5) is 0 Å². The highest BCUT2D eigenvalue weighted by Crippen LogP contribution is 2.06. The molecule has 3 nitrogen and oxygen atoms in total. The van der Waals surface area contributed by atoms with Crippen molar-refractivity contribution in [3.63, 3.8) is 0 Å². The van der Waals surface area contributed by atoms with Gasteiger partial charge in [-0.2, -0.15) is 0 Å². The quantitative estimate of drug-likeness (QED) is 0.649. The summed E-state index contributed by atoms with van der Waals surface area (Å²) >= 11 is 5.32. The van der Waals surface area contributed by atoms with Crippen molar-refractivity contribution in [3.8, 4) is 0 Å². The van der Waals surface area contributed by atoms with E-state index in [0.29, 0.717) is 19.0 Å². The third kappa shape index (κ3) is 3.74. The van der Waals surface area contributed by atoms with E-state index in [-0.39, 0.29) is 5.21 Å². The predicted molar refractivity (Wildman–Crippen MR) is 51.7 cm³/mol. The first kappa shape index (κ1) is 12.2. The molecular formula is C7H16ClNO2S. The van der Waals surface area contributed by atoms with Gasteiger partial charge in [-0.15, -0.1) is 11.6 Å². The smallest absolute Gasteiger partial charge is 0.211 e. The maximum absolute atomic E-state index is 11.3. The van der Waals surface area contributed by atoms with Crippen LogP contribution in [0.3, 0.4) is 0 Å². The molecule has 0 N–H and O–H groups in total. The maximum atomic E-state index is 11.3. The summed E-state index contributed by atoms with van der Waals surface area (Å²) in [7, 11) is -3.21. The van der Waals surface area contributed by atoms with Gasteiger partial charge in [-0.05, 0) is 5.92 Å². The van der Waals surface area contributed by atoms with Gasteiger partial charge < -0.3 is 0 Å². The molecule has 0 rings (SSSR count). The van der Waals surface area contributed by atoms with Crippen LogP contribution in [-0.2, 0) is 10.0 Å². The van der Waals surface area contributed by atoms with Crippen molar-refractivity contribution in [2.24, 2.45) is 5.92 Å². The monoisotopic (exact) mass is 213 g/mol. The zero-order chi connectivity index (χ0) is 9.78. The Balaban J connectivity index is 4.35. The molecule has 0 atom stereocenters. The molecular weight excluding hydrogens is 198 g/mol. The Kier molecular flexibility index (Phi) is 5.13. The summed E-state index contributed by atoms with van der Waals surface area (Å²) in [4.78, 5) is 0. The molecule has 0 saturated carbocycles. The molecule has 0 bridgehead atoms. The fourth-order valence-electron chi connectivity index (χ4n) is 0.916. The van der Waals surface area contributed by atoms with E-state index in [9.17, 15) is 8.42 Å². The molecule has 12 heavy (non-hydrogen) atoms. The predicted octanol–water partition coefficient (Wildman–Crippen LogP) is 1.49. The second-order valence-electron chi connectivity index (χ2n) is 3.07. The Morgan fingerprint density at radius 3 is 2.17 bits per heavy atom. The average molecular weight is 214 g/mol. The van der Waals surface area contributed by atoms with Gasteiger partial charge in [0.2, 0.25) is 10.0 Å². The lowest BCUT2D eigenvalue weighted by molar-refractivity contribution is 0.383. The molecule has 5 heteroatoms. The van der Waals surface area contributed by atoms with Crippen molar-refractivity contribution in [3.05, 3.63) is 0 Å². The third-order valence-electron chi connectivity index (χ3n) is 1.45. The summed E-state index contributed by atoms with van der Waals surface area (Å²) in [6.07, 6.45) is 0. The van der Waals surface area contributed by atoms with Gasteiger partial charge in [0.15, 0.2) is 0 Å². The van der Waals surface area contributed by atoms with E-state index in [4.69, 9.17) is 11.6 Å².